The van der Waals surface area contributed by atoms with Gasteiger partial charge in [-0.15, -0.1) is 0 Å². The van der Waals surface area contributed by atoms with Crippen molar-refractivity contribution in [1.82, 2.24) is 9.88 Å². The van der Waals surface area contributed by atoms with E-state index < -0.39 is 4.92 Å². The molecule has 31 heavy (non-hydrogen) atoms. The molecule has 2 atom stereocenters. The minimum absolute atomic E-state index is 0.0177. The van der Waals surface area contributed by atoms with Gasteiger partial charge >= 0.3 is 0 Å². The molecular weight excluding hydrogens is 412 g/mol. The Morgan fingerprint density at radius 2 is 1.90 bits per heavy atom. The zero-order valence-electron chi connectivity index (χ0n) is 16.6. The monoisotopic (exact) mass is 432 g/mol. The number of aliphatic imine (C=N–C) groups is 1. The highest BCUT2D eigenvalue weighted by Crippen LogP contribution is 2.45. The van der Waals surface area contributed by atoms with Crippen LogP contribution < -0.4 is 4.74 Å². The van der Waals surface area contributed by atoms with E-state index in [1.165, 1.54) is 17.7 Å². The smallest absolute Gasteiger partial charge is 0.269 e. The summed E-state index contributed by atoms with van der Waals surface area (Å²) in [5.41, 5.74) is 3.12. The number of nitro benzene ring substituents is 1. The number of aromatic nitrogens is 1. The lowest BCUT2D eigenvalue weighted by molar-refractivity contribution is -0.384. The summed E-state index contributed by atoms with van der Waals surface area (Å²) < 4.78 is 5.88. The number of hydrogen-bond donors (Lipinski definition) is 0. The van der Waals surface area contributed by atoms with Gasteiger partial charge in [-0.25, -0.2) is 0 Å². The normalized spacial score (nSPS) is 19.7. The molecule has 8 heteroatoms. The fraction of sp³-hybridized carbons (Fsp3) is 0.217. The average Bonchev–Trinajstić information content (AvgIpc) is 3.40. The highest BCUT2D eigenvalue weighted by atomic mass is 32.2. The van der Waals surface area contributed by atoms with Crippen molar-refractivity contribution < 1.29 is 9.66 Å². The van der Waals surface area contributed by atoms with Crippen molar-refractivity contribution in [3.63, 3.8) is 0 Å². The van der Waals surface area contributed by atoms with Gasteiger partial charge in [0, 0.05) is 30.6 Å². The van der Waals surface area contributed by atoms with Crippen molar-refractivity contribution in [1.29, 1.82) is 0 Å². The van der Waals surface area contributed by atoms with Gasteiger partial charge in [0.25, 0.3) is 5.69 Å². The molecule has 3 heterocycles. The molecule has 1 fully saturated rings. The second-order valence-electron chi connectivity index (χ2n) is 7.38. The standard InChI is InChI=1S/C23H20N4O3S/c28-27(29)18-8-4-16(5-9-18)15-30-19-10-6-17(7-11-19)22-21(20-3-1-2-12-24-20)25-23-26(22)13-14-31-23/h1-12,21-22H,13-15H2/t21-,22-/m1/s1. The molecule has 0 radical (unpaired) electrons. The number of ether oxygens (including phenoxy) is 1. The molecule has 2 aliphatic heterocycles. The van der Waals surface area contributed by atoms with E-state index in [1.807, 2.05) is 36.5 Å². The minimum Gasteiger partial charge on any atom is -0.489 e. The first-order chi connectivity index (χ1) is 15.2. The van der Waals surface area contributed by atoms with Crippen LogP contribution in [0, 0.1) is 10.1 Å². The zero-order valence-corrected chi connectivity index (χ0v) is 17.4. The molecule has 5 rings (SSSR count). The van der Waals surface area contributed by atoms with Crippen molar-refractivity contribution in [2.24, 2.45) is 4.99 Å². The first kappa shape index (κ1) is 19.6. The number of pyridine rings is 1. The molecule has 0 amide bonds. The van der Waals surface area contributed by atoms with Gasteiger partial charge in [0.1, 0.15) is 18.4 Å². The molecule has 0 spiro atoms. The van der Waals surface area contributed by atoms with Crippen LogP contribution in [0.15, 0.2) is 77.9 Å². The fourth-order valence-electron chi connectivity index (χ4n) is 3.93. The molecule has 0 N–H and O–H groups in total. The van der Waals surface area contributed by atoms with Crippen molar-refractivity contribution in [3.05, 3.63) is 99.9 Å². The van der Waals surface area contributed by atoms with Gasteiger partial charge in [0.2, 0.25) is 0 Å². The van der Waals surface area contributed by atoms with Crippen LogP contribution in [0.3, 0.4) is 0 Å². The summed E-state index contributed by atoms with van der Waals surface area (Å²) in [4.78, 5) is 22.3. The fourth-order valence-corrected chi connectivity index (χ4v) is 4.96. The molecule has 0 saturated carbocycles. The van der Waals surface area contributed by atoms with Gasteiger partial charge in [-0.1, -0.05) is 30.0 Å². The van der Waals surface area contributed by atoms with E-state index in [0.717, 1.165) is 34.5 Å². The Labute approximate surface area is 183 Å². The van der Waals surface area contributed by atoms with Crippen molar-refractivity contribution in [2.75, 3.05) is 12.3 Å². The maximum Gasteiger partial charge on any atom is 0.269 e. The Morgan fingerprint density at radius 3 is 2.61 bits per heavy atom. The summed E-state index contributed by atoms with van der Waals surface area (Å²) in [7, 11) is 0. The molecule has 3 aromatic rings. The van der Waals surface area contributed by atoms with Crippen LogP contribution in [0.2, 0.25) is 0 Å². The summed E-state index contributed by atoms with van der Waals surface area (Å²) in [6, 6.07) is 20.6. The van der Waals surface area contributed by atoms with E-state index in [0.29, 0.717) is 6.61 Å². The second-order valence-corrected chi connectivity index (χ2v) is 8.44. The Bertz CT molecular complexity index is 1100. The number of nitro groups is 1. The first-order valence-electron chi connectivity index (χ1n) is 10.0. The third-order valence-corrected chi connectivity index (χ3v) is 6.44. The van der Waals surface area contributed by atoms with E-state index in [9.17, 15) is 10.1 Å². The third kappa shape index (κ3) is 3.98. The van der Waals surface area contributed by atoms with E-state index in [2.05, 4.69) is 22.0 Å². The van der Waals surface area contributed by atoms with Crippen molar-refractivity contribution in [2.45, 2.75) is 18.7 Å². The highest BCUT2D eigenvalue weighted by molar-refractivity contribution is 8.14. The quantitative estimate of drug-likeness (QED) is 0.412. The zero-order chi connectivity index (χ0) is 21.2. The van der Waals surface area contributed by atoms with Crippen LogP contribution in [0.25, 0.3) is 0 Å². The lowest BCUT2D eigenvalue weighted by Crippen LogP contribution is -2.27. The van der Waals surface area contributed by atoms with Crippen LogP contribution in [0.1, 0.15) is 28.9 Å². The van der Waals surface area contributed by atoms with Gasteiger partial charge in [-0.05, 0) is 47.5 Å². The van der Waals surface area contributed by atoms with Gasteiger partial charge < -0.3 is 9.64 Å². The number of nitrogens with zero attached hydrogens (tertiary/aromatic N) is 4. The maximum absolute atomic E-state index is 10.8. The van der Waals surface area contributed by atoms with Crippen LogP contribution >= 0.6 is 11.8 Å². The molecular formula is C23H20N4O3S. The number of rotatable bonds is 6. The van der Waals surface area contributed by atoms with E-state index in [1.54, 1.807) is 23.9 Å². The van der Waals surface area contributed by atoms with Crippen LogP contribution in [-0.4, -0.2) is 32.3 Å². The SMILES string of the molecule is O=[N+]([O-])c1ccc(COc2ccc([C@@H]3[C@@H](c4ccccn4)N=C4SCCN43)cc2)cc1. The summed E-state index contributed by atoms with van der Waals surface area (Å²) in [6.07, 6.45) is 1.82. The average molecular weight is 433 g/mol. The first-order valence-corrected chi connectivity index (χ1v) is 11.0. The predicted octanol–water partition coefficient (Wildman–Crippen LogP) is 4.77. The number of thioether (sulfide) groups is 1. The Balaban J connectivity index is 1.31. The number of non-ortho nitro benzene ring substituents is 1. The summed E-state index contributed by atoms with van der Waals surface area (Å²) >= 11 is 1.80. The lowest BCUT2D eigenvalue weighted by Gasteiger charge is -2.27. The molecule has 0 aliphatic carbocycles. The molecule has 156 valence electrons. The predicted molar refractivity (Wildman–Crippen MR) is 120 cm³/mol. The molecule has 7 nitrogen and oxygen atoms in total. The van der Waals surface area contributed by atoms with Gasteiger partial charge in [-0.2, -0.15) is 0 Å². The van der Waals surface area contributed by atoms with Crippen LogP contribution in [0.5, 0.6) is 5.75 Å². The van der Waals surface area contributed by atoms with Crippen LogP contribution in [-0.2, 0) is 6.61 Å². The molecule has 0 unspecified atom stereocenters. The van der Waals surface area contributed by atoms with E-state index in [4.69, 9.17) is 9.73 Å². The van der Waals surface area contributed by atoms with E-state index >= 15 is 0 Å². The molecule has 1 saturated heterocycles. The number of amidine groups is 1. The van der Waals surface area contributed by atoms with Crippen molar-refractivity contribution in [3.8, 4) is 5.75 Å². The Hall–Kier alpha value is -3.39. The molecule has 2 aliphatic rings. The van der Waals surface area contributed by atoms with Gasteiger partial charge in [-0.3, -0.25) is 20.1 Å². The number of hydrogen-bond acceptors (Lipinski definition) is 7. The Morgan fingerprint density at radius 1 is 1.10 bits per heavy atom. The lowest BCUT2D eigenvalue weighted by atomic mass is 9.96. The van der Waals surface area contributed by atoms with Crippen LogP contribution in [0.4, 0.5) is 5.69 Å². The molecule has 2 aromatic carbocycles. The molecule has 0 bridgehead atoms. The maximum atomic E-state index is 10.8. The largest absolute Gasteiger partial charge is 0.489 e. The van der Waals surface area contributed by atoms with E-state index in [-0.39, 0.29) is 17.8 Å². The molecule has 1 aromatic heterocycles. The third-order valence-electron chi connectivity index (χ3n) is 5.46. The van der Waals surface area contributed by atoms with Gasteiger partial charge in [0.05, 0.1) is 16.7 Å². The summed E-state index contributed by atoms with van der Waals surface area (Å²) in [5.74, 6) is 1.81. The van der Waals surface area contributed by atoms with Gasteiger partial charge in [0.15, 0.2) is 5.17 Å². The number of benzene rings is 2. The summed E-state index contributed by atoms with van der Waals surface area (Å²) in [6.45, 7) is 1.34. The highest BCUT2D eigenvalue weighted by Gasteiger charge is 2.41. The Kier molecular flexibility index (Phi) is 5.30. The minimum atomic E-state index is -0.404. The summed E-state index contributed by atoms with van der Waals surface area (Å²) in [5, 5.41) is 11.9. The van der Waals surface area contributed by atoms with Crippen molar-refractivity contribution >= 4 is 22.6 Å². The number of fused-ring (bicyclic) bond motifs is 1. The topological polar surface area (TPSA) is 80.9 Å². The second kappa shape index (κ2) is 8.39.